The van der Waals surface area contributed by atoms with Crippen LogP contribution in [0.5, 0.6) is 5.75 Å². The summed E-state index contributed by atoms with van der Waals surface area (Å²) in [6, 6.07) is 4.61. The fourth-order valence-electron chi connectivity index (χ4n) is 2.70. The van der Waals surface area contributed by atoms with Crippen molar-refractivity contribution in [1.82, 2.24) is 9.21 Å². The summed E-state index contributed by atoms with van der Waals surface area (Å²) < 4.78 is 31.9. The van der Waals surface area contributed by atoms with Crippen LogP contribution in [0.15, 0.2) is 23.1 Å². The van der Waals surface area contributed by atoms with Gasteiger partial charge in [0.25, 0.3) is 0 Å². The molecule has 1 atom stereocenters. The lowest BCUT2D eigenvalue weighted by Crippen LogP contribution is -2.33. The molecule has 2 rings (SSSR count). The van der Waals surface area contributed by atoms with Gasteiger partial charge in [0.15, 0.2) is 0 Å². The Kier molecular flexibility index (Phi) is 4.75. The van der Waals surface area contributed by atoms with Crippen molar-refractivity contribution in [3.8, 4) is 5.75 Å². The van der Waals surface area contributed by atoms with E-state index in [0.29, 0.717) is 18.2 Å². The number of benzene rings is 1. The molecule has 0 amide bonds. The van der Waals surface area contributed by atoms with Crippen LogP contribution >= 0.6 is 0 Å². The number of methoxy groups -OCH3 is 1. The van der Waals surface area contributed by atoms with E-state index in [1.807, 2.05) is 0 Å². The Morgan fingerprint density at radius 2 is 2.19 bits per heavy atom. The highest BCUT2D eigenvalue weighted by molar-refractivity contribution is 7.89. The first-order valence-electron chi connectivity index (χ1n) is 6.93. The van der Waals surface area contributed by atoms with E-state index in [0.717, 1.165) is 19.5 Å². The van der Waals surface area contributed by atoms with Gasteiger partial charge < -0.3 is 15.4 Å². The summed E-state index contributed by atoms with van der Waals surface area (Å²) in [5, 5.41) is 0. The lowest BCUT2D eigenvalue weighted by atomic mass is 10.1. The molecule has 1 saturated heterocycles. The van der Waals surface area contributed by atoms with Gasteiger partial charge in [-0.15, -0.1) is 0 Å². The third-order valence-corrected chi connectivity index (χ3v) is 5.74. The fraction of sp³-hybridized carbons (Fsp3) is 0.571. The van der Waals surface area contributed by atoms with Crippen LogP contribution in [0.3, 0.4) is 0 Å². The van der Waals surface area contributed by atoms with Crippen molar-refractivity contribution >= 4 is 15.7 Å². The van der Waals surface area contributed by atoms with Crippen LogP contribution in [0.25, 0.3) is 0 Å². The summed E-state index contributed by atoms with van der Waals surface area (Å²) in [6.45, 7) is 2.46. The van der Waals surface area contributed by atoms with Gasteiger partial charge in [-0.3, -0.25) is 0 Å². The fourth-order valence-corrected chi connectivity index (χ4v) is 4.08. The van der Waals surface area contributed by atoms with Crippen LogP contribution in [0, 0.1) is 5.92 Å². The summed E-state index contributed by atoms with van der Waals surface area (Å²) in [5.74, 6) is 0.653. The molecule has 1 aromatic rings. The van der Waals surface area contributed by atoms with E-state index in [1.165, 1.54) is 23.5 Å². The maximum Gasteiger partial charge on any atom is 0.246 e. The molecule has 0 bridgehead atoms. The average molecular weight is 313 g/mol. The van der Waals surface area contributed by atoms with Crippen molar-refractivity contribution in [2.24, 2.45) is 5.92 Å². The predicted octanol–water partition coefficient (Wildman–Crippen LogP) is 0.850. The minimum Gasteiger partial charge on any atom is -0.495 e. The molecule has 0 saturated carbocycles. The van der Waals surface area contributed by atoms with E-state index in [1.54, 1.807) is 13.1 Å². The van der Waals surface area contributed by atoms with E-state index in [-0.39, 0.29) is 10.6 Å². The Labute approximate surface area is 126 Å². The second kappa shape index (κ2) is 6.21. The van der Waals surface area contributed by atoms with Crippen LogP contribution in [0.2, 0.25) is 0 Å². The van der Waals surface area contributed by atoms with Gasteiger partial charge >= 0.3 is 0 Å². The van der Waals surface area contributed by atoms with Gasteiger partial charge in [0.2, 0.25) is 10.0 Å². The molecule has 7 heteroatoms. The summed E-state index contributed by atoms with van der Waals surface area (Å²) in [7, 11) is 1.54. The zero-order valence-electron chi connectivity index (χ0n) is 12.7. The molecule has 0 radical (unpaired) electrons. The highest BCUT2D eigenvalue weighted by Gasteiger charge is 2.29. The molecule has 0 aromatic heterocycles. The molecule has 6 nitrogen and oxygen atoms in total. The maximum atomic E-state index is 12.7. The maximum absolute atomic E-state index is 12.7. The Balaban J connectivity index is 2.21. The molecular formula is C14H23N3O3S. The number of likely N-dealkylation sites (tertiary alicyclic amines) is 1. The van der Waals surface area contributed by atoms with Gasteiger partial charge in [-0.1, -0.05) is 0 Å². The van der Waals surface area contributed by atoms with Crippen molar-refractivity contribution in [2.45, 2.75) is 11.3 Å². The number of hydrogen-bond donors (Lipinski definition) is 1. The Bertz CT molecular complexity index is 603. The summed E-state index contributed by atoms with van der Waals surface area (Å²) in [6.07, 6.45) is 1.02. The molecule has 1 fully saturated rings. The predicted molar refractivity (Wildman–Crippen MR) is 82.8 cm³/mol. The summed E-state index contributed by atoms with van der Waals surface area (Å²) in [5.41, 5.74) is 6.15. The lowest BCUT2D eigenvalue weighted by Gasteiger charge is -2.22. The van der Waals surface area contributed by atoms with E-state index < -0.39 is 10.0 Å². The van der Waals surface area contributed by atoms with Gasteiger partial charge in [0.1, 0.15) is 10.6 Å². The molecule has 1 aliphatic rings. The normalized spacial score (nSPS) is 20.1. The molecule has 2 N–H and O–H groups in total. The van der Waals surface area contributed by atoms with E-state index >= 15 is 0 Å². The highest BCUT2D eigenvalue weighted by atomic mass is 32.2. The van der Waals surface area contributed by atoms with Crippen molar-refractivity contribution in [3.63, 3.8) is 0 Å². The number of nitrogens with zero attached hydrogens (tertiary/aromatic N) is 2. The van der Waals surface area contributed by atoms with Crippen molar-refractivity contribution in [2.75, 3.05) is 46.6 Å². The zero-order valence-corrected chi connectivity index (χ0v) is 13.6. The monoisotopic (exact) mass is 313 g/mol. The Morgan fingerprint density at radius 3 is 2.76 bits per heavy atom. The topological polar surface area (TPSA) is 75.9 Å². The largest absolute Gasteiger partial charge is 0.495 e. The molecule has 1 heterocycles. The SMILES string of the molecule is COc1cc(N)ccc1S(=O)(=O)N(C)CC1CCN(C)C1. The molecule has 1 aliphatic heterocycles. The quantitative estimate of drug-likeness (QED) is 0.816. The second-order valence-corrected chi connectivity index (χ2v) is 7.63. The van der Waals surface area contributed by atoms with Gasteiger partial charge in [-0.25, -0.2) is 12.7 Å². The van der Waals surface area contributed by atoms with Crippen LogP contribution in [0.4, 0.5) is 5.69 Å². The minimum atomic E-state index is -3.57. The number of ether oxygens (including phenoxy) is 1. The molecule has 21 heavy (non-hydrogen) atoms. The molecule has 0 aliphatic carbocycles. The standard InChI is InChI=1S/C14H23N3O3S/c1-16-7-6-11(9-16)10-17(2)21(18,19)14-5-4-12(15)8-13(14)20-3/h4-5,8,11H,6-7,9-10,15H2,1-3H3. The first-order chi connectivity index (χ1) is 9.84. The lowest BCUT2D eigenvalue weighted by molar-refractivity contribution is 0.354. The number of rotatable bonds is 5. The van der Waals surface area contributed by atoms with Crippen LogP contribution in [-0.2, 0) is 10.0 Å². The first-order valence-corrected chi connectivity index (χ1v) is 8.37. The van der Waals surface area contributed by atoms with Crippen molar-refractivity contribution < 1.29 is 13.2 Å². The van der Waals surface area contributed by atoms with Crippen LogP contribution < -0.4 is 10.5 Å². The Hall–Kier alpha value is -1.31. The minimum absolute atomic E-state index is 0.160. The van der Waals surface area contributed by atoms with Gasteiger partial charge in [0, 0.05) is 31.9 Å². The number of nitrogens with two attached hydrogens (primary N) is 1. The first kappa shape index (κ1) is 16.1. The molecular weight excluding hydrogens is 290 g/mol. The molecule has 1 aromatic carbocycles. The number of hydrogen-bond acceptors (Lipinski definition) is 5. The van der Waals surface area contributed by atoms with Crippen molar-refractivity contribution in [3.05, 3.63) is 18.2 Å². The van der Waals surface area contributed by atoms with Crippen LogP contribution in [0.1, 0.15) is 6.42 Å². The van der Waals surface area contributed by atoms with Crippen molar-refractivity contribution in [1.29, 1.82) is 0 Å². The third-order valence-electron chi connectivity index (χ3n) is 3.88. The highest BCUT2D eigenvalue weighted by Crippen LogP contribution is 2.29. The van der Waals surface area contributed by atoms with E-state index in [9.17, 15) is 8.42 Å². The van der Waals surface area contributed by atoms with Gasteiger partial charge in [-0.05, 0) is 38.1 Å². The average Bonchev–Trinajstić information content (AvgIpc) is 2.83. The van der Waals surface area contributed by atoms with E-state index in [4.69, 9.17) is 10.5 Å². The van der Waals surface area contributed by atoms with Gasteiger partial charge in [0.05, 0.1) is 7.11 Å². The molecule has 118 valence electrons. The Morgan fingerprint density at radius 1 is 1.48 bits per heavy atom. The summed E-state index contributed by atoms with van der Waals surface area (Å²) in [4.78, 5) is 2.38. The third kappa shape index (κ3) is 3.48. The smallest absolute Gasteiger partial charge is 0.246 e. The summed E-state index contributed by atoms with van der Waals surface area (Å²) >= 11 is 0. The molecule has 1 unspecified atom stereocenters. The van der Waals surface area contributed by atoms with E-state index in [2.05, 4.69) is 11.9 Å². The second-order valence-electron chi connectivity index (χ2n) is 5.61. The number of sulfonamides is 1. The number of nitrogen functional groups attached to an aromatic ring is 1. The molecule has 0 spiro atoms. The van der Waals surface area contributed by atoms with Crippen LogP contribution in [-0.4, -0.2) is 58.5 Å². The number of anilines is 1. The van der Waals surface area contributed by atoms with Gasteiger partial charge in [-0.2, -0.15) is 0 Å². The zero-order chi connectivity index (χ0) is 15.6.